The molecule has 0 radical (unpaired) electrons. The summed E-state index contributed by atoms with van der Waals surface area (Å²) in [5.41, 5.74) is 8.21. The van der Waals surface area contributed by atoms with Gasteiger partial charge in [-0.3, -0.25) is 9.59 Å². The van der Waals surface area contributed by atoms with Crippen LogP contribution >= 0.6 is 0 Å². The van der Waals surface area contributed by atoms with E-state index < -0.39 is 6.04 Å². The lowest BCUT2D eigenvalue weighted by Gasteiger charge is -2.25. The fraction of sp³-hybridized carbons (Fsp3) is 0.462. The van der Waals surface area contributed by atoms with Gasteiger partial charge in [-0.15, -0.1) is 0 Å². The summed E-state index contributed by atoms with van der Waals surface area (Å²) >= 11 is 0. The van der Waals surface area contributed by atoms with E-state index >= 15 is 0 Å². The predicted molar refractivity (Wildman–Crippen MR) is 127 cm³/mol. The minimum atomic E-state index is -0.638. The molecule has 0 spiro atoms. The third kappa shape index (κ3) is 8.18. The van der Waals surface area contributed by atoms with E-state index in [9.17, 15) is 9.59 Å². The Morgan fingerprint density at radius 2 is 1.61 bits per heavy atom. The molecule has 1 heterocycles. The van der Waals surface area contributed by atoms with Crippen LogP contribution < -0.4 is 10.5 Å². The zero-order chi connectivity index (χ0) is 23.2. The Labute approximate surface area is 187 Å². The first-order chi connectivity index (χ1) is 15.0. The SMILES string of the molecule is CC.CC.CC(=O)C1CCCN1C(=O)C(N)Cc1ccc(OCc2ccccc2)cc1. The average Bonchev–Trinajstić information content (AvgIpc) is 3.32. The van der Waals surface area contributed by atoms with Gasteiger partial charge < -0.3 is 15.4 Å². The van der Waals surface area contributed by atoms with Crippen molar-refractivity contribution < 1.29 is 14.3 Å². The van der Waals surface area contributed by atoms with Crippen molar-refractivity contribution >= 4 is 11.7 Å². The number of carbonyl (C=O) groups is 2. The zero-order valence-corrected chi connectivity index (χ0v) is 19.6. The Hall–Kier alpha value is -2.66. The Morgan fingerprint density at radius 3 is 2.19 bits per heavy atom. The number of benzene rings is 2. The van der Waals surface area contributed by atoms with Gasteiger partial charge in [0.05, 0.1) is 12.1 Å². The minimum Gasteiger partial charge on any atom is -0.489 e. The van der Waals surface area contributed by atoms with Crippen LogP contribution in [0.4, 0.5) is 0 Å². The number of rotatable bonds is 7. The highest BCUT2D eigenvalue weighted by molar-refractivity contribution is 5.90. The lowest BCUT2D eigenvalue weighted by atomic mass is 10.0. The number of likely N-dealkylation sites (tertiary alicyclic amines) is 1. The Bertz CT molecular complexity index is 775. The van der Waals surface area contributed by atoms with Crippen molar-refractivity contribution in [2.45, 2.75) is 72.6 Å². The van der Waals surface area contributed by atoms with Crippen LogP contribution in [-0.2, 0) is 22.6 Å². The van der Waals surface area contributed by atoms with Crippen LogP contribution in [0.1, 0.15) is 58.6 Å². The monoisotopic (exact) mass is 426 g/mol. The van der Waals surface area contributed by atoms with Crippen LogP contribution in [0, 0.1) is 0 Å². The van der Waals surface area contributed by atoms with Gasteiger partial charge in [0, 0.05) is 6.54 Å². The van der Waals surface area contributed by atoms with Gasteiger partial charge >= 0.3 is 0 Å². The number of hydrogen-bond acceptors (Lipinski definition) is 4. The van der Waals surface area contributed by atoms with Crippen molar-refractivity contribution in [1.29, 1.82) is 0 Å². The molecule has 2 unspecified atom stereocenters. The number of hydrogen-bond donors (Lipinski definition) is 1. The average molecular weight is 427 g/mol. The molecular weight excluding hydrogens is 388 g/mol. The number of amides is 1. The largest absolute Gasteiger partial charge is 0.489 e. The molecule has 0 aromatic heterocycles. The van der Waals surface area contributed by atoms with Crippen LogP contribution in [0.25, 0.3) is 0 Å². The smallest absolute Gasteiger partial charge is 0.240 e. The second kappa shape index (κ2) is 14.4. The van der Waals surface area contributed by atoms with E-state index in [-0.39, 0.29) is 17.7 Å². The highest BCUT2D eigenvalue weighted by Crippen LogP contribution is 2.20. The number of ether oxygens (including phenoxy) is 1. The van der Waals surface area contributed by atoms with Gasteiger partial charge in [0.25, 0.3) is 0 Å². The molecule has 2 aromatic rings. The predicted octanol–water partition coefficient (Wildman–Crippen LogP) is 4.77. The lowest BCUT2D eigenvalue weighted by Crippen LogP contribution is -2.48. The zero-order valence-electron chi connectivity index (χ0n) is 19.6. The number of nitrogens with two attached hydrogens (primary N) is 1. The van der Waals surface area contributed by atoms with Crippen LogP contribution in [0.2, 0.25) is 0 Å². The Balaban J connectivity index is 0.00000113. The highest BCUT2D eigenvalue weighted by Gasteiger charge is 2.34. The molecule has 31 heavy (non-hydrogen) atoms. The van der Waals surface area contributed by atoms with Crippen LogP contribution in [0.15, 0.2) is 54.6 Å². The summed E-state index contributed by atoms with van der Waals surface area (Å²) < 4.78 is 5.78. The number of Topliss-reactive ketones (excluding diaryl/α,β-unsaturated/α-hetero) is 1. The molecule has 1 saturated heterocycles. The molecule has 5 nitrogen and oxygen atoms in total. The van der Waals surface area contributed by atoms with E-state index in [0.717, 1.165) is 29.7 Å². The number of carbonyl (C=O) groups excluding carboxylic acids is 2. The molecular formula is C26H38N2O3. The topological polar surface area (TPSA) is 72.6 Å². The van der Waals surface area contributed by atoms with Crippen molar-refractivity contribution in [3.8, 4) is 5.75 Å². The standard InChI is InChI=1S/C22H26N2O3.2C2H6/c1-16(25)21-8-5-13-24(21)22(26)20(23)14-17-9-11-19(12-10-17)27-15-18-6-3-2-4-7-18;2*1-2/h2-4,6-7,9-12,20-21H,5,8,13-15,23H2,1H3;2*1-2H3. The lowest BCUT2D eigenvalue weighted by molar-refractivity contribution is -0.138. The summed E-state index contributed by atoms with van der Waals surface area (Å²) in [6.07, 6.45) is 2.04. The van der Waals surface area contributed by atoms with Gasteiger partial charge in [0.15, 0.2) is 5.78 Å². The normalized spacial score (nSPS) is 15.7. The molecule has 1 fully saturated rings. The highest BCUT2D eigenvalue weighted by atomic mass is 16.5. The van der Waals surface area contributed by atoms with E-state index in [4.69, 9.17) is 10.5 Å². The fourth-order valence-electron chi connectivity index (χ4n) is 3.47. The number of nitrogens with zero attached hydrogens (tertiary/aromatic N) is 1. The molecule has 3 rings (SSSR count). The molecule has 1 amide bonds. The molecule has 5 heteroatoms. The van der Waals surface area contributed by atoms with Gasteiger partial charge in [-0.1, -0.05) is 70.2 Å². The summed E-state index contributed by atoms with van der Waals surface area (Å²) in [4.78, 5) is 26.0. The Morgan fingerprint density at radius 1 is 1.00 bits per heavy atom. The van der Waals surface area contributed by atoms with Gasteiger partial charge in [-0.05, 0) is 49.4 Å². The van der Waals surface area contributed by atoms with Gasteiger partial charge in [-0.25, -0.2) is 0 Å². The molecule has 2 atom stereocenters. The fourth-order valence-corrected chi connectivity index (χ4v) is 3.47. The third-order valence-corrected chi connectivity index (χ3v) is 4.95. The van der Waals surface area contributed by atoms with Crippen LogP contribution in [-0.4, -0.2) is 35.2 Å². The maximum atomic E-state index is 12.6. The number of ketones is 1. The van der Waals surface area contributed by atoms with Gasteiger partial charge in [-0.2, -0.15) is 0 Å². The molecule has 0 aliphatic carbocycles. The summed E-state index contributed by atoms with van der Waals surface area (Å²) in [5.74, 6) is 0.670. The second-order valence-electron chi connectivity index (χ2n) is 7.03. The van der Waals surface area contributed by atoms with E-state index in [2.05, 4.69) is 0 Å². The maximum absolute atomic E-state index is 12.6. The second-order valence-corrected chi connectivity index (χ2v) is 7.03. The molecule has 2 aromatic carbocycles. The summed E-state index contributed by atoms with van der Waals surface area (Å²) in [7, 11) is 0. The molecule has 170 valence electrons. The Kier molecular flexibility index (Phi) is 12.2. The molecule has 0 saturated carbocycles. The summed E-state index contributed by atoms with van der Waals surface area (Å²) in [6, 6.07) is 16.7. The van der Waals surface area contributed by atoms with E-state index in [1.165, 1.54) is 6.92 Å². The third-order valence-electron chi connectivity index (χ3n) is 4.95. The molecule has 1 aliphatic rings. The first kappa shape index (κ1) is 26.4. The van der Waals surface area contributed by atoms with Crippen molar-refractivity contribution in [3.63, 3.8) is 0 Å². The molecule has 0 bridgehead atoms. The summed E-state index contributed by atoms with van der Waals surface area (Å²) in [5, 5.41) is 0. The van der Waals surface area contributed by atoms with Crippen molar-refractivity contribution in [1.82, 2.24) is 4.90 Å². The first-order valence-corrected chi connectivity index (χ1v) is 11.4. The summed E-state index contributed by atoms with van der Waals surface area (Å²) in [6.45, 7) is 10.7. The van der Waals surface area contributed by atoms with Gasteiger partial charge in [0.1, 0.15) is 12.4 Å². The van der Waals surface area contributed by atoms with Crippen LogP contribution in [0.5, 0.6) is 5.75 Å². The molecule has 2 N–H and O–H groups in total. The van der Waals surface area contributed by atoms with Crippen molar-refractivity contribution in [3.05, 3.63) is 65.7 Å². The molecule has 1 aliphatic heterocycles. The van der Waals surface area contributed by atoms with Gasteiger partial charge in [0.2, 0.25) is 5.91 Å². The van der Waals surface area contributed by atoms with Crippen LogP contribution in [0.3, 0.4) is 0 Å². The van der Waals surface area contributed by atoms with Crippen molar-refractivity contribution in [2.24, 2.45) is 5.73 Å². The van der Waals surface area contributed by atoms with E-state index in [1.807, 2.05) is 82.3 Å². The van der Waals surface area contributed by atoms with E-state index in [0.29, 0.717) is 19.6 Å². The first-order valence-electron chi connectivity index (χ1n) is 11.4. The van der Waals surface area contributed by atoms with E-state index in [1.54, 1.807) is 4.90 Å². The van der Waals surface area contributed by atoms with Crippen molar-refractivity contribution in [2.75, 3.05) is 6.54 Å². The maximum Gasteiger partial charge on any atom is 0.240 e. The quantitative estimate of drug-likeness (QED) is 0.692. The minimum absolute atomic E-state index is 0.0352.